The van der Waals surface area contributed by atoms with E-state index in [-0.39, 0.29) is 5.82 Å². The van der Waals surface area contributed by atoms with E-state index in [0.717, 1.165) is 31.7 Å². The molecule has 0 aliphatic carbocycles. The average Bonchev–Trinajstić information content (AvgIpc) is 2.66. The van der Waals surface area contributed by atoms with Crippen molar-refractivity contribution in [3.63, 3.8) is 0 Å². The Morgan fingerprint density at radius 1 is 1.17 bits per heavy atom. The Balaban J connectivity index is 1.92. The first-order valence-electron chi connectivity index (χ1n) is 6.65. The SMILES string of the molecule is Cc1cc(F)ccc1N1C[C@]2(C)CNC[C@]2(C)C1. The minimum atomic E-state index is -0.144. The summed E-state index contributed by atoms with van der Waals surface area (Å²) in [6.45, 7) is 11.0. The molecule has 0 aromatic heterocycles. The maximum Gasteiger partial charge on any atom is 0.123 e. The van der Waals surface area contributed by atoms with Crippen molar-refractivity contribution in [3.05, 3.63) is 29.6 Å². The van der Waals surface area contributed by atoms with Gasteiger partial charge in [-0.1, -0.05) is 13.8 Å². The number of nitrogens with zero attached hydrogens (tertiary/aromatic N) is 1. The Labute approximate surface area is 108 Å². The molecule has 3 heteroatoms. The van der Waals surface area contributed by atoms with Crippen LogP contribution in [0.4, 0.5) is 10.1 Å². The topological polar surface area (TPSA) is 15.3 Å². The summed E-state index contributed by atoms with van der Waals surface area (Å²) in [6.07, 6.45) is 0. The van der Waals surface area contributed by atoms with Crippen LogP contribution in [0.5, 0.6) is 0 Å². The Morgan fingerprint density at radius 3 is 2.33 bits per heavy atom. The summed E-state index contributed by atoms with van der Waals surface area (Å²) < 4.78 is 13.2. The van der Waals surface area contributed by atoms with Crippen LogP contribution in [0.2, 0.25) is 0 Å². The number of rotatable bonds is 1. The van der Waals surface area contributed by atoms with Gasteiger partial charge in [0.2, 0.25) is 0 Å². The van der Waals surface area contributed by atoms with E-state index in [1.807, 2.05) is 13.0 Å². The van der Waals surface area contributed by atoms with Crippen LogP contribution < -0.4 is 10.2 Å². The molecule has 0 amide bonds. The van der Waals surface area contributed by atoms with E-state index in [2.05, 4.69) is 24.1 Å². The molecule has 0 spiro atoms. The third kappa shape index (κ3) is 1.57. The standard InChI is InChI=1S/C15H21FN2/c1-11-6-12(16)4-5-13(11)18-9-14(2)7-17-8-15(14,3)10-18/h4-6,17H,7-10H2,1-3H3/t14-,15+. The van der Waals surface area contributed by atoms with Gasteiger partial charge in [0.25, 0.3) is 0 Å². The number of fused-ring (bicyclic) bond motifs is 1. The van der Waals surface area contributed by atoms with Crippen molar-refractivity contribution in [2.45, 2.75) is 20.8 Å². The Bertz CT molecular complexity index is 469. The van der Waals surface area contributed by atoms with E-state index >= 15 is 0 Å². The average molecular weight is 248 g/mol. The molecule has 0 saturated carbocycles. The minimum Gasteiger partial charge on any atom is -0.370 e. The zero-order chi connectivity index (χ0) is 13.0. The van der Waals surface area contributed by atoms with Crippen LogP contribution in [0, 0.1) is 23.6 Å². The zero-order valence-electron chi connectivity index (χ0n) is 11.4. The lowest BCUT2D eigenvalue weighted by atomic mass is 9.71. The predicted molar refractivity (Wildman–Crippen MR) is 72.4 cm³/mol. The van der Waals surface area contributed by atoms with Gasteiger partial charge in [0.05, 0.1) is 0 Å². The van der Waals surface area contributed by atoms with Gasteiger partial charge in [-0.05, 0) is 30.7 Å². The fraction of sp³-hybridized carbons (Fsp3) is 0.600. The van der Waals surface area contributed by atoms with Crippen LogP contribution in [0.1, 0.15) is 19.4 Å². The van der Waals surface area contributed by atoms with Gasteiger partial charge < -0.3 is 10.2 Å². The van der Waals surface area contributed by atoms with Gasteiger partial charge in [0.15, 0.2) is 0 Å². The molecule has 0 bridgehead atoms. The van der Waals surface area contributed by atoms with Gasteiger partial charge in [-0.25, -0.2) is 4.39 Å². The van der Waals surface area contributed by atoms with Gasteiger partial charge >= 0.3 is 0 Å². The summed E-state index contributed by atoms with van der Waals surface area (Å²) in [7, 11) is 0. The fourth-order valence-electron chi connectivity index (χ4n) is 3.58. The highest BCUT2D eigenvalue weighted by atomic mass is 19.1. The van der Waals surface area contributed by atoms with Crippen molar-refractivity contribution in [3.8, 4) is 0 Å². The molecule has 18 heavy (non-hydrogen) atoms. The molecule has 0 unspecified atom stereocenters. The second kappa shape index (κ2) is 3.70. The summed E-state index contributed by atoms with van der Waals surface area (Å²) in [5, 5.41) is 3.51. The highest BCUT2D eigenvalue weighted by Crippen LogP contribution is 2.49. The number of aryl methyl sites for hydroxylation is 1. The largest absolute Gasteiger partial charge is 0.370 e. The van der Waals surface area contributed by atoms with E-state index in [9.17, 15) is 4.39 Å². The molecule has 1 N–H and O–H groups in total. The molecular formula is C15H21FN2. The van der Waals surface area contributed by atoms with E-state index in [1.165, 1.54) is 5.69 Å². The molecule has 2 saturated heterocycles. The molecule has 0 radical (unpaired) electrons. The molecular weight excluding hydrogens is 227 g/mol. The number of halogens is 1. The quantitative estimate of drug-likeness (QED) is 0.821. The van der Waals surface area contributed by atoms with E-state index in [1.54, 1.807) is 12.1 Å². The molecule has 2 fully saturated rings. The molecule has 1 aromatic rings. The summed E-state index contributed by atoms with van der Waals surface area (Å²) >= 11 is 0. The number of hydrogen-bond donors (Lipinski definition) is 1. The van der Waals surface area contributed by atoms with Gasteiger partial charge in [-0.3, -0.25) is 0 Å². The Kier molecular flexibility index (Phi) is 2.46. The number of anilines is 1. The number of hydrogen-bond acceptors (Lipinski definition) is 2. The predicted octanol–water partition coefficient (Wildman–Crippen LogP) is 2.57. The van der Waals surface area contributed by atoms with E-state index < -0.39 is 0 Å². The fourth-order valence-corrected chi connectivity index (χ4v) is 3.58. The van der Waals surface area contributed by atoms with Gasteiger partial charge in [0.1, 0.15) is 5.82 Å². The highest BCUT2D eigenvalue weighted by molar-refractivity contribution is 5.55. The molecule has 1 aromatic carbocycles. The second-order valence-electron chi connectivity index (χ2n) is 6.51. The summed E-state index contributed by atoms with van der Waals surface area (Å²) in [4.78, 5) is 2.43. The van der Waals surface area contributed by atoms with Crippen molar-refractivity contribution in [2.24, 2.45) is 10.8 Å². The smallest absolute Gasteiger partial charge is 0.123 e. The third-order valence-electron chi connectivity index (χ3n) is 5.07. The first-order chi connectivity index (χ1) is 8.44. The zero-order valence-corrected chi connectivity index (χ0v) is 11.4. The normalized spacial score (nSPS) is 35.0. The maximum absolute atomic E-state index is 13.2. The molecule has 2 aliphatic rings. The van der Waals surface area contributed by atoms with Crippen LogP contribution in [-0.2, 0) is 0 Å². The van der Waals surface area contributed by atoms with Crippen molar-refractivity contribution in [1.82, 2.24) is 5.32 Å². The molecule has 2 heterocycles. The van der Waals surface area contributed by atoms with Crippen molar-refractivity contribution < 1.29 is 4.39 Å². The summed E-state index contributed by atoms with van der Waals surface area (Å²) in [6, 6.07) is 5.12. The lowest BCUT2D eigenvalue weighted by molar-refractivity contribution is 0.212. The molecule has 3 rings (SSSR count). The lowest BCUT2D eigenvalue weighted by Gasteiger charge is -2.30. The summed E-state index contributed by atoms with van der Waals surface area (Å²) in [5.41, 5.74) is 2.88. The van der Waals surface area contributed by atoms with Crippen LogP contribution in [0.3, 0.4) is 0 Å². The van der Waals surface area contributed by atoms with Gasteiger partial charge in [-0.2, -0.15) is 0 Å². The van der Waals surface area contributed by atoms with Crippen LogP contribution >= 0.6 is 0 Å². The van der Waals surface area contributed by atoms with Crippen LogP contribution in [0.15, 0.2) is 18.2 Å². The van der Waals surface area contributed by atoms with Crippen LogP contribution in [0.25, 0.3) is 0 Å². The monoisotopic (exact) mass is 248 g/mol. The van der Waals surface area contributed by atoms with Crippen molar-refractivity contribution in [2.75, 3.05) is 31.1 Å². The lowest BCUT2D eigenvalue weighted by Crippen LogP contribution is -2.34. The minimum absolute atomic E-state index is 0.144. The highest BCUT2D eigenvalue weighted by Gasteiger charge is 2.54. The summed E-state index contributed by atoms with van der Waals surface area (Å²) in [5.74, 6) is -0.144. The second-order valence-corrected chi connectivity index (χ2v) is 6.51. The van der Waals surface area contributed by atoms with Crippen molar-refractivity contribution >= 4 is 5.69 Å². The maximum atomic E-state index is 13.2. The van der Waals surface area contributed by atoms with E-state index in [4.69, 9.17) is 0 Å². The van der Waals surface area contributed by atoms with Crippen molar-refractivity contribution in [1.29, 1.82) is 0 Å². The Hall–Kier alpha value is -1.09. The number of benzene rings is 1. The Morgan fingerprint density at radius 2 is 1.78 bits per heavy atom. The van der Waals surface area contributed by atoms with E-state index in [0.29, 0.717) is 10.8 Å². The van der Waals surface area contributed by atoms with Gasteiger partial charge in [0, 0.05) is 42.7 Å². The van der Waals surface area contributed by atoms with Gasteiger partial charge in [-0.15, -0.1) is 0 Å². The van der Waals surface area contributed by atoms with Crippen LogP contribution in [-0.4, -0.2) is 26.2 Å². The molecule has 2 nitrogen and oxygen atoms in total. The molecule has 2 atom stereocenters. The third-order valence-corrected chi connectivity index (χ3v) is 5.07. The number of nitrogens with one attached hydrogen (secondary N) is 1. The molecule has 98 valence electrons. The first kappa shape index (κ1) is 12.0. The first-order valence-corrected chi connectivity index (χ1v) is 6.65. The molecule has 2 aliphatic heterocycles.